The van der Waals surface area contributed by atoms with Gasteiger partial charge in [-0.1, -0.05) is 24.3 Å². The van der Waals surface area contributed by atoms with Crippen molar-refractivity contribution >= 4 is 39.8 Å². The largest absolute Gasteiger partial charge is 0.357 e. The lowest BCUT2D eigenvalue weighted by Gasteiger charge is -2.11. The van der Waals surface area contributed by atoms with Crippen LogP contribution in [0.5, 0.6) is 0 Å². The number of hydrogen-bond donors (Lipinski definition) is 2. The summed E-state index contributed by atoms with van der Waals surface area (Å²) in [7, 11) is -3.16. The van der Waals surface area contributed by atoms with Gasteiger partial charge in [0.25, 0.3) is 0 Å². The minimum atomic E-state index is -3.16. The van der Waals surface area contributed by atoms with E-state index >= 15 is 0 Å². The summed E-state index contributed by atoms with van der Waals surface area (Å²) < 4.78 is 24.8. The number of rotatable bonds is 8. The van der Waals surface area contributed by atoms with E-state index in [2.05, 4.69) is 25.7 Å². The van der Waals surface area contributed by atoms with Crippen molar-refractivity contribution in [3.05, 3.63) is 72.3 Å². The van der Waals surface area contributed by atoms with Crippen LogP contribution in [0.1, 0.15) is 18.1 Å². The van der Waals surface area contributed by atoms with Gasteiger partial charge in [0.2, 0.25) is 0 Å². The summed E-state index contributed by atoms with van der Waals surface area (Å²) in [5, 5.41) is 10.7. The van der Waals surface area contributed by atoms with Gasteiger partial charge in [0.1, 0.15) is 12.7 Å². The summed E-state index contributed by atoms with van der Waals surface area (Å²) in [6, 6.07) is 15.0. The molecule has 2 aromatic carbocycles. The second kappa shape index (κ2) is 11.8. The Labute approximate surface area is 200 Å². The van der Waals surface area contributed by atoms with E-state index in [9.17, 15) is 8.42 Å². The molecule has 0 aliphatic carbocycles. The van der Waals surface area contributed by atoms with Crippen LogP contribution in [0, 0.1) is 0 Å². The molecule has 2 N–H and O–H groups in total. The van der Waals surface area contributed by atoms with Crippen LogP contribution < -0.4 is 10.6 Å². The van der Waals surface area contributed by atoms with E-state index in [1.165, 1.54) is 12.6 Å². The lowest BCUT2D eigenvalue weighted by Crippen LogP contribution is -2.38. The molecule has 1 heterocycles. The van der Waals surface area contributed by atoms with Gasteiger partial charge in [-0.05, 0) is 48.7 Å². The number of hydrogen-bond acceptors (Lipinski definition) is 5. The smallest absolute Gasteiger partial charge is 0.191 e. The minimum absolute atomic E-state index is 0. The molecule has 1 aromatic heterocycles. The predicted molar refractivity (Wildman–Crippen MR) is 133 cm³/mol. The number of nitrogens with one attached hydrogen (secondary N) is 2. The Bertz CT molecular complexity index is 1070. The van der Waals surface area contributed by atoms with Crippen LogP contribution in [-0.4, -0.2) is 48.5 Å². The van der Waals surface area contributed by atoms with E-state index in [0.717, 1.165) is 35.7 Å². The molecule has 0 amide bonds. The molecule has 31 heavy (non-hydrogen) atoms. The Morgan fingerprint density at radius 3 is 2.29 bits per heavy atom. The fraction of sp³-hybridized carbons (Fsp3) is 0.286. The SMILES string of the molecule is CCNC(=NCc1ccc(-n2cncn2)cc1)NCCc1ccc(S(C)(=O)=O)cc1.I. The molecule has 0 spiro atoms. The Kier molecular flexibility index (Phi) is 9.44. The maximum absolute atomic E-state index is 11.5. The normalized spacial score (nSPS) is 11.6. The van der Waals surface area contributed by atoms with Crippen molar-refractivity contribution in [2.45, 2.75) is 24.8 Å². The summed E-state index contributed by atoms with van der Waals surface area (Å²) in [5.74, 6) is 0.741. The maximum atomic E-state index is 11.5. The molecule has 0 saturated carbocycles. The van der Waals surface area contributed by atoms with E-state index in [1.807, 2.05) is 43.3 Å². The van der Waals surface area contributed by atoms with Gasteiger partial charge in [0.15, 0.2) is 15.8 Å². The van der Waals surface area contributed by atoms with Gasteiger partial charge in [0, 0.05) is 19.3 Å². The third-order valence-electron chi connectivity index (χ3n) is 4.44. The van der Waals surface area contributed by atoms with Crippen LogP contribution in [0.4, 0.5) is 0 Å². The molecule has 10 heteroatoms. The molecule has 0 radical (unpaired) electrons. The molecule has 0 unspecified atom stereocenters. The highest BCUT2D eigenvalue weighted by atomic mass is 127. The summed E-state index contributed by atoms with van der Waals surface area (Å²) in [5.41, 5.74) is 3.11. The highest BCUT2D eigenvalue weighted by Crippen LogP contribution is 2.11. The summed E-state index contributed by atoms with van der Waals surface area (Å²) in [6.07, 6.45) is 5.15. The van der Waals surface area contributed by atoms with E-state index < -0.39 is 9.84 Å². The number of aromatic nitrogens is 3. The zero-order chi connectivity index (χ0) is 21.4. The van der Waals surface area contributed by atoms with Crippen LogP contribution >= 0.6 is 24.0 Å². The van der Waals surface area contributed by atoms with Gasteiger partial charge >= 0.3 is 0 Å². The standard InChI is InChI=1S/C21H26N6O2S.HI/c1-3-23-21(24-13-12-17-6-10-20(11-7-17)30(2,28)29)25-14-18-4-8-19(9-5-18)27-16-22-15-26-27;/h4-11,15-16H,3,12-14H2,1-2H3,(H2,23,24,25);1H. The number of aliphatic imine (C=N–C) groups is 1. The molecule has 3 aromatic rings. The highest BCUT2D eigenvalue weighted by molar-refractivity contribution is 14.0. The van der Waals surface area contributed by atoms with Crippen LogP contribution in [0.25, 0.3) is 5.69 Å². The number of nitrogens with zero attached hydrogens (tertiary/aromatic N) is 4. The number of guanidine groups is 1. The van der Waals surface area contributed by atoms with Gasteiger partial charge in [-0.3, -0.25) is 0 Å². The minimum Gasteiger partial charge on any atom is -0.357 e. The summed E-state index contributed by atoms with van der Waals surface area (Å²) >= 11 is 0. The van der Waals surface area contributed by atoms with Crippen molar-refractivity contribution in [1.29, 1.82) is 0 Å². The average molecular weight is 554 g/mol. The van der Waals surface area contributed by atoms with E-state index in [4.69, 9.17) is 0 Å². The summed E-state index contributed by atoms with van der Waals surface area (Å²) in [6.45, 7) is 4.03. The molecule has 0 bridgehead atoms. The fourth-order valence-electron chi connectivity index (χ4n) is 2.84. The first-order valence-electron chi connectivity index (χ1n) is 9.71. The van der Waals surface area contributed by atoms with Crippen molar-refractivity contribution in [3.63, 3.8) is 0 Å². The van der Waals surface area contributed by atoms with Crippen LogP contribution in [0.3, 0.4) is 0 Å². The van der Waals surface area contributed by atoms with Crippen molar-refractivity contribution < 1.29 is 8.42 Å². The fourth-order valence-corrected chi connectivity index (χ4v) is 3.47. The molecular weight excluding hydrogens is 527 g/mol. The quantitative estimate of drug-likeness (QED) is 0.252. The van der Waals surface area contributed by atoms with E-state index in [0.29, 0.717) is 18.0 Å². The third kappa shape index (κ3) is 7.62. The van der Waals surface area contributed by atoms with Crippen molar-refractivity contribution in [2.75, 3.05) is 19.3 Å². The molecule has 0 aliphatic heterocycles. The Hall–Kier alpha value is -2.47. The lowest BCUT2D eigenvalue weighted by atomic mass is 10.1. The van der Waals surface area contributed by atoms with Crippen molar-refractivity contribution in [1.82, 2.24) is 25.4 Å². The maximum Gasteiger partial charge on any atom is 0.191 e. The van der Waals surface area contributed by atoms with Crippen LogP contribution in [0.15, 0.2) is 71.1 Å². The van der Waals surface area contributed by atoms with Gasteiger partial charge in [0.05, 0.1) is 17.1 Å². The zero-order valence-electron chi connectivity index (χ0n) is 17.5. The molecule has 0 aliphatic rings. The molecular formula is C21H27IN6O2S. The van der Waals surface area contributed by atoms with Gasteiger partial charge in [-0.25, -0.2) is 23.1 Å². The van der Waals surface area contributed by atoms with Crippen molar-refractivity contribution in [2.24, 2.45) is 4.99 Å². The third-order valence-corrected chi connectivity index (χ3v) is 5.57. The van der Waals surface area contributed by atoms with Crippen molar-refractivity contribution in [3.8, 4) is 5.69 Å². The average Bonchev–Trinajstić information content (AvgIpc) is 3.27. The molecule has 0 fully saturated rings. The van der Waals surface area contributed by atoms with E-state index in [-0.39, 0.29) is 24.0 Å². The first kappa shape index (κ1) is 24.8. The number of halogens is 1. The number of sulfone groups is 1. The molecule has 8 nitrogen and oxygen atoms in total. The van der Waals surface area contributed by atoms with Gasteiger partial charge in [-0.15, -0.1) is 24.0 Å². The lowest BCUT2D eigenvalue weighted by molar-refractivity contribution is 0.602. The van der Waals surface area contributed by atoms with E-state index in [1.54, 1.807) is 23.1 Å². The number of benzene rings is 2. The predicted octanol–water partition coefficient (Wildman–Crippen LogP) is 2.59. The first-order chi connectivity index (χ1) is 14.5. The second-order valence-corrected chi connectivity index (χ2v) is 8.81. The zero-order valence-corrected chi connectivity index (χ0v) is 20.7. The van der Waals surface area contributed by atoms with Crippen LogP contribution in [-0.2, 0) is 22.8 Å². The Balaban J connectivity index is 0.00000341. The highest BCUT2D eigenvalue weighted by Gasteiger charge is 2.06. The van der Waals surface area contributed by atoms with Gasteiger partial charge < -0.3 is 10.6 Å². The monoisotopic (exact) mass is 554 g/mol. The first-order valence-corrected chi connectivity index (χ1v) is 11.6. The molecule has 0 saturated heterocycles. The molecule has 0 atom stereocenters. The van der Waals surface area contributed by atoms with Crippen LogP contribution in [0.2, 0.25) is 0 Å². The molecule has 3 rings (SSSR count). The Morgan fingerprint density at radius 2 is 1.71 bits per heavy atom. The van der Waals surface area contributed by atoms with Gasteiger partial charge in [-0.2, -0.15) is 5.10 Å². The molecule has 166 valence electrons. The Morgan fingerprint density at radius 1 is 1.03 bits per heavy atom. The summed E-state index contributed by atoms with van der Waals surface area (Å²) in [4.78, 5) is 8.92. The second-order valence-electron chi connectivity index (χ2n) is 6.79. The topological polar surface area (TPSA) is 101 Å².